The van der Waals surface area contributed by atoms with Gasteiger partial charge >= 0.3 is 0 Å². The van der Waals surface area contributed by atoms with Crippen molar-refractivity contribution in [1.29, 1.82) is 0 Å². The first kappa shape index (κ1) is 8.92. The summed E-state index contributed by atoms with van der Waals surface area (Å²) in [5.41, 5.74) is 2.22. The van der Waals surface area contributed by atoms with Gasteiger partial charge in [0.25, 0.3) is 0 Å². The Balaban J connectivity index is 1.96. The zero-order valence-corrected chi connectivity index (χ0v) is 8.69. The maximum absolute atomic E-state index is 4.64. The van der Waals surface area contributed by atoms with Crippen LogP contribution in [0.5, 0.6) is 0 Å². The van der Waals surface area contributed by atoms with Crippen LogP contribution in [-0.4, -0.2) is 15.9 Å². The van der Waals surface area contributed by atoms with Crippen LogP contribution in [0.1, 0.15) is 31.0 Å². The SMILES string of the molecule is c1ccn2cc(C3CCCCN3)nc2c1. The largest absolute Gasteiger partial charge is 0.309 e. The first-order valence-corrected chi connectivity index (χ1v) is 5.60. The van der Waals surface area contributed by atoms with Gasteiger partial charge < -0.3 is 9.72 Å². The van der Waals surface area contributed by atoms with Gasteiger partial charge in [-0.2, -0.15) is 0 Å². The van der Waals surface area contributed by atoms with E-state index in [0.717, 1.165) is 12.2 Å². The van der Waals surface area contributed by atoms with Crippen LogP contribution in [0.4, 0.5) is 0 Å². The number of imidazole rings is 1. The number of hydrogen-bond acceptors (Lipinski definition) is 2. The van der Waals surface area contributed by atoms with Crippen LogP contribution in [0.2, 0.25) is 0 Å². The van der Waals surface area contributed by atoms with E-state index in [0.29, 0.717) is 6.04 Å². The van der Waals surface area contributed by atoms with E-state index in [1.807, 2.05) is 18.2 Å². The molecule has 2 aromatic heterocycles. The first-order chi connectivity index (χ1) is 7.43. The second-order valence-corrected chi connectivity index (χ2v) is 4.13. The Kier molecular flexibility index (Phi) is 2.18. The summed E-state index contributed by atoms with van der Waals surface area (Å²) in [6.45, 7) is 1.12. The molecule has 0 aromatic carbocycles. The Bertz CT molecular complexity index is 422. The van der Waals surface area contributed by atoms with Crippen molar-refractivity contribution in [2.45, 2.75) is 25.3 Å². The number of nitrogens with zero attached hydrogens (tertiary/aromatic N) is 2. The smallest absolute Gasteiger partial charge is 0.137 e. The highest BCUT2D eigenvalue weighted by molar-refractivity contribution is 5.40. The third-order valence-electron chi connectivity index (χ3n) is 3.05. The van der Waals surface area contributed by atoms with Crippen LogP contribution in [0.3, 0.4) is 0 Å². The van der Waals surface area contributed by atoms with E-state index in [9.17, 15) is 0 Å². The molecule has 3 heteroatoms. The number of piperidine rings is 1. The zero-order chi connectivity index (χ0) is 10.1. The van der Waals surface area contributed by atoms with E-state index in [1.54, 1.807) is 0 Å². The van der Waals surface area contributed by atoms with Crippen LogP contribution >= 0.6 is 0 Å². The lowest BCUT2D eigenvalue weighted by molar-refractivity contribution is 0.406. The number of rotatable bonds is 1. The number of aromatic nitrogens is 2. The van der Waals surface area contributed by atoms with Crippen LogP contribution in [0.25, 0.3) is 5.65 Å². The second-order valence-electron chi connectivity index (χ2n) is 4.13. The summed E-state index contributed by atoms with van der Waals surface area (Å²) in [5.74, 6) is 0. The van der Waals surface area contributed by atoms with Gasteiger partial charge in [0, 0.05) is 12.4 Å². The van der Waals surface area contributed by atoms with Gasteiger partial charge in [0.1, 0.15) is 5.65 Å². The van der Waals surface area contributed by atoms with Crippen molar-refractivity contribution in [1.82, 2.24) is 14.7 Å². The summed E-state index contributed by atoms with van der Waals surface area (Å²) < 4.78 is 2.09. The van der Waals surface area contributed by atoms with Crippen LogP contribution in [-0.2, 0) is 0 Å². The second kappa shape index (κ2) is 3.66. The normalized spacial score (nSPS) is 22.0. The highest BCUT2D eigenvalue weighted by Crippen LogP contribution is 2.22. The van der Waals surface area contributed by atoms with E-state index in [-0.39, 0.29) is 0 Å². The van der Waals surface area contributed by atoms with Crippen LogP contribution < -0.4 is 5.32 Å². The molecule has 0 amide bonds. The Labute approximate surface area is 89.1 Å². The third kappa shape index (κ3) is 1.63. The lowest BCUT2D eigenvalue weighted by atomic mass is 10.0. The molecule has 1 saturated heterocycles. The maximum atomic E-state index is 4.64. The van der Waals surface area contributed by atoms with Crippen molar-refractivity contribution >= 4 is 5.65 Å². The summed E-state index contributed by atoms with van der Waals surface area (Å²) in [5, 5.41) is 3.52. The quantitative estimate of drug-likeness (QED) is 0.766. The van der Waals surface area contributed by atoms with Crippen LogP contribution in [0, 0.1) is 0 Å². The van der Waals surface area contributed by atoms with Gasteiger partial charge in [0.15, 0.2) is 0 Å². The molecule has 78 valence electrons. The lowest BCUT2D eigenvalue weighted by Crippen LogP contribution is -2.26. The molecule has 0 saturated carbocycles. The van der Waals surface area contributed by atoms with Gasteiger partial charge in [-0.3, -0.25) is 0 Å². The molecule has 1 N–H and O–H groups in total. The summed E-state index contributed by atoms with van der Waals surface area (Å²) in [4.78, 5) is 4.64. The van der Waals surface area contributed by atoms with Crippen molar-refractivity contribution in [2.75, 3.05) is 6.54 Å². The molecule has 0 radical (unpaired) electrons. The molecule has 0 aliphatic carbocycles. The molecule has 3 nitrogen and oxygen atoms in total. The van der Waals surface area contributed by atoms with Crippen molar-refractivity contribution in [2.24, 2.45) is 0 Å². The molecule has 0 bridgehead atoms. The molecule has 1 atom stereocenters. The van der Waals surface area contributed by atoms with Crippen molar-refractivity contribution in [3.8, 4) is 0 Å². The number of pyridine rings is 1. The van der Waals surface area contributed by atoms with Gasteiger partial charge in [-0.25, -0.2) is 4.98 Å². The summed E-state index contributed by atoms with van der Waals surface area (Å²) >= 11 is 0. The fourth-order valence-corrected chi connectivity index (χ4v) is 2.23. The molecule has 1 unspecified atom stereocenters. The van der Waals surface area contributed by atoms with Crippen LogP contribution in [0.15, 0.2) is 30.6 Å². The predicted octanol–water partition coefficient (Wildman–Crippen LogP) is 2.15. The summed E-state index contributed by atoms with van der Waals surface area (Å²) in [6.07, 6.45) is 8.01. The van der Waals surface area contributed by atoms with E-state index in [2.05, 4.69) is 27.1 Å². The maximum Gasteiger partial charge on any atom is 0.137 e. The van der Waals surface area contributed by atoms with Crippen molar-refractivity contribution < 1.29 is 0 Å². The number of hydrogen-bond donors (Lipinski definition) is 1. The van der Waals surface area contributed by atoms with E-state index >= 15 is 0 Å². The fourth-order valence-electron chi connectivity index (χ4n) is 2.23. The minimum atomic E-state index is 0.457. The molecule has 3 heterocycles. The van der Waals surface area contributed by atoms with E-state index < -0.39 is 0 Å². The van der Waals surface area contributed by atoms with Gasteiger partial charge in [-0.15, -0.1) is 0 Å². The average molecular weight is 201 g/mol. The third-order valence-corrected chi connectivity index (χ3v) is 3.05. The van der Waals surface area contributed by atoms with Gasteiger partial charge in [-0.1, -0.05) is 12.5 Å². The first-order valence-electron chi connectivity index (χ1n) is 5.60. The average Bonchev–Trinajstić information content (AvgIpc) is 2.74. The summed E-state index contributed by atoms with van der Waals surface area (Å²) in [6, 6.07) is 6.57. The molecule has 3 rings (SSSR count). The van der Waals surface area contributed by atoms with E-state index in [1.165, 1.54) is 25.0 Å². The molecule has 2 aromatic rings. The fraction of sp³-hybridized carbons (Fsp3) is 0.417. The van der Waals surface area contributed by atoms with Gasteiger partial charge in [-0.05, 0) is 31.5 Å². The van der Waals surface area contributed by atoms with Gasteiger partial charge in [0.05, 0.1) is 11.7 Å². The molecule has 1 aliphatic rings. The highest BCUT2D eigenvalue weighted by atomic mass is 15.0. The predicted molar refractivity (Wildman–Crippen MR) is 59.8 cm³/mol. The molecular weight excluding hydrogens is 186 g/mol. The molecule has 1 aliphatic heterocycles. The number of fused-ring (bicyclic) bond motifs is 1. The Morgan fingerprint density at radius 1 is 1.33 bits per heavy atom. The molecule has 0 spiro atoms. The lowest BCUT2D eigenvalue weighted by Gasteiger charge is -2.21. The van der Waals surface area contributed by atoms with Crippen molar-refractivity contribution in [3.05, 3.63) is 36.3 Å². The minimum absolute atomic E-state index is 0.457. The monoisotopic (exact) mass is 201 g/mol. The Morgan fingerprint density at radius 2 is 2.33 bits per heavy atom. The molecule has 15 heavy (non-hydrogen) atoms. The topological polar surface area (TPSA) is 29.3 Å². The van der Waals surface area contributed by atoms with Gasteiger partial charge in [0.2, 0.25) is 0 Å². The zero-order valence-electron chi connectivity index (χ0n) is 8.69. The molecular formula is C12H15N3. The number of nitrogens with one attached hydrogen (secondary N) is 1. The van der Waals surface area contributed by atoms with E-state index in [4.69, 9.17) is 0 Å². The molecule has 1 fully saturated rings. The Morgan fingerprint density at radius 3 is 3.13 bits per heavy atom. The highest BCUT2D eigenvalue weighted by Gasteiger charge is 2.17. The minimum Gasteiger partial charge on any atom is -0.309 e. The van der Waals surface area contributed by atoms with Crippen molar-refractivity contribution in [3.63, 3.8) is 0 Å². The summed E-state index contributed by atoms with van der Waals surface area (Å²) in [7, 11) is 0. The standard InChI is InChI=1S/C12H15N3/c1-3-7-13-10(5-1)11-9-15-8-4-2-6-12(15)14-11/h2,4,6,8-10,13H,1,3,5,7H2. The Hall–Kier alpha value is -1.35.